The van der Waals surface area contributed by atoms with Crippen LogP contribution in [0, 0.1) is 24.5 Å². The molecule has 1 N–H and O–H groups in total. The largest absolute Gasteiger partial charge is 0.356 e. The van der Waals surface area contributed by atoms with Gasteiger partial charge in [0.25, 0.3) is 5.89 Å². The Balaban J connectivity index is 1.43. The molecule has 1 aliphatic rings. The predicted molar refractivity (Wildman–Crippen MR) is 102 cm³/mol. The number of benzene rings is 1. The first kappa shape index (κ1) is 19.0. The highest BCUT2D eigenvalue weighted by Gasteiger charge is 2.27. The number of nitrogens with one attached hydrogen (secondary N) is 1. The summed E-state index contributed by atoms with van der Waals surface area (Å²) in [6.07, 6.45) is 3.14. The smallest absolute Gasteiger partial charge is 0.259 e. The van der Waals surface area contributed by atoms with Gasteiger partial charge in [-0.15, -0.1) is 0 Å². The van der Waals surface area contributed by atoms with Gasteiger partial charge in [0.1, 0.15) is 17.5 Å². The third-order valence-corrected chi connectivity index (χ3v) is 4.83. The summed E-state index contributed by atoms with van der Waals surface area (Å²) in [6, 6.07) is 6.77. The fourth-order valence-corrected chi connectivity index (χ4v) is 3.34. The molecule has 1 aromatic carbocycles. The van der Waals surface area contributed by atoms with Gasteiger partial charge in [0.05, 0.1) is 17.2 Å². The number of piperidine rings is 1. The number of hydrogen-bond donors (Lipinski definition) is 1. The summed E-state index contributed by atoms with van der Waals surface area (Å²) in [6.45, 7) is 2.97. The lowest BCUT2D eigenvalue weighted by atomic mass is 9.97. The molecule has 1 unspecified atom stereocenters. The highest BCUT2D eigenvalue weighted by molar-refractivity contribution is 5.93. The zero-order chi connectivity index (χ0) is 20.4. The van der Waals surface area contributed by atoms with E-state index in [0.29, 0.717) is 30.2 Å². The van der Waals surface area contributed by atoms with E-state index in [4.69, 9.17) is 4.52 Å². The highest BCUT2D eigenvalue weighted by Crippen LogP contribution is 2.25. The van der Waals surface area contributed by atoms with Crippen molar-refractivity contribution in [2.24, 2.45) is 5.92 Å². The molecule has 7 nitrogen and oxygen atoms in total. The first-order valence-electron chi connectivity index (χ1n) is 9.27. The summed E-state index contributed by atoms with van der Waals surface area (Å²) < 4.78 is 32.0. The Morgan fingerprint density at radius 2 is 2.14 bits per heavy atom. The van der Waals surface area contributed by atoms with Crippen LogP contribution in [0.15, 0.2) is 41.1 Å². The number of aryl methyl sites for hydroxylation is 1. The van der Waals surface area contributed by atoms with Crippen molar-refractivity contribution in [3.8, 4) is 11.5 Å². The second-order valence-corrected chi connectivity index (χ2v) is 6.95. The van der Waals surface area contributed by atoms with Gasteiger partial charge < -0.3 is 14.7 Å². The second kappa shape index (κ2) is 7.94. The predicted octanol–water partition coefficient (Wildman–Crippen LogP) is 3.57. The number of hydrogen-bond acceptors (Lipinski definition) is 6. The van der Waals surface area contributed by atoms with Crippen molar-refractivity contribution in [1.29, 1.82) is 0 Å². The molecular formula is C20H19F2N5O2. The monoisotopic (exact) mass is 399 g/mol. The molecule has 0 radical (unpaired) electrons. The number of rotatable bonds is 4. The topological polar surface area (TPSA) is 84.2 Å². The molecule has 4 rings (SSSR count). The SMILES string of the molecule is Cc1noc(-c2ccc(N3CCCC(C(=O)Nc4ccc(F)cc4F)C3)nc2)n1. The number of halogens is 2. The Hall–Kier alpha value is -3.36. The van der Waals surface area contributed by atoms with E-state index in [0.717, 1.165) is 30.9 Å². The summed E-state index contributed by atoms with van der Waals surface area (Å²) in [4.78, 5) is 23.2. The molecule has 150 valence electrons. The lowest BCUT2D eigenvalue weighted by Gasteiger charge is -2.32. The van der Waals surface area contributed by atoms with Gasteiger partial charge in [-0.3, -0.25) is 4.79 Å². The molecule has 29 heavy (non-hydrogen) atoms. The van der Waals surface area contributed by atoms with Crippen LogP contribution in [0.1, 0.15) is 18.7 Å². The molecular weight excluding hydrogens is 380 g/mol. The molecule has 1 amide bonds. The average molecular weight is 399 g/mol. The van der Waals surface area contributed by atoms with Crippen LogP contribution in [0.25, 0.3) is 11.5 Å². The van der Waals surface area contributed by atoms with E-state index in [9.17, 15) is 13.6 Å². The van der Waals surface area contributed by atoms with Crippen LogP contribution in [0.4, 0.5) is 20.3 Å². The van der Waals surface area contributed by atoms with Crippen LogP contribution in [0.3, 0.4) is 0 Å². The molecule has 0 saturated carbocycles. The van der Waals surface area contributed by atoms with Gasteiger partial charge in [0.15, 0.2) is 5.82 Å². The number of aromatic nitrogens is 3. The summed E-state index contributed by atoms with van der Waals surface area (Å²) >= 11 is 0. The van der Waals surface area contributed by atoms with Gasteiger partial charge >= 0.3 is 0 Å². The maximum Gasteiger partial charge on any atom is 0.259 e. The molecule has 1 fully saturated rings. The van der Waals surface area contributed by atoms with E-state index in [1.54, 1.807) is 13.1 Å². The van der Waals surface area contributed by atoms with Gasteiger partial charge in [0, 0.05) is 25.4 Å². The fourth-order valence-electron chi connectivity index (χ4n) is 3.34. The fraction of sp³-hybridized carbons (Fsp3) is 0.300. The number of nitrogens with zero attached hydrogens (tertiary/aromatic N) is 4. The summed E-state index contributed by atoms with van der Waals surface area (Å²) in [7, 11) is 0. The van der Waals surface area contributed by atoms with Crippen molar-refractivity contribution in [2.75, 3.05) is 23.3 Å². The van der Waals surface area contributed by atoms with E-state index in [1.807, 2.05) is 17.0 Å². The van der Waals surface area contributed by atoms with Crippen molar-refractivity contribution in [1.82, 2.24) is 15.1 Å². The van der Waals surface area contributed by atoms with E-state index < -0.39 is 11.6 Å². The lowest BCUT2D eigenvalue weighted by molar-refractivity contribution is -0.120. The molecule has 9 heteroatoms. The lowest BCUT2D eigenvalue weighted by Crippen LogP contribution is -2.41. The average Bonchev–Trinajstić information content (AvgIpc) is 3.16. The molecule has 3 aromatic rings. The number of carbonyl (C=O) groups is 1. The van der Waals surface area contributed by atoms with Crippen molar-refractivity contribution in [2.45, 2.75) is 19.8 Å². The normalized spacial score (nSPS) is 16.7. The highest BCUT2D eigenvalue weighted by atomic mass is 19.1. The Labute approximate surface area is 165 Å². The third kappa shape index (κ3) is 4.23. The van der Waals surface area contributed by atoms with Gasteiger partial charge in [-0.25, -0.2) is 13.8 Å². The molecule has 1 saturated heterocycles. The Kier molecular flexibility index (Phi) is 5.20. The van der Waals surface area contributed by atoms with Crippen LogP contribution in [-0.2, 0) is 4.79 Å². The van der Waals surface area contributed by atoms with Crippen LogP contribution in [0.5, 0.6) is 0 Å². The standard InChI is InChI=1S/C20H19F2N5O2/c1-12-24-20(29-26-12)13-4-7-18(23-10-13)27-8-2-3-14(11-27)19(28)25-17-6-5-15(21)9-16(17)22/h4-7,9-10,14H,2-3,8,11H2,1H3,(H,25,28). The molecule has 3 heterocycles. The zero-order valence-electron chi connectivity index (χ0n) is 15.7. The van der Waals surface area contributed by atoms with E-state index in [-0.39, 0.29) is 17.5 Å². The number of pyridine rings is 1. The maximum absolute atomic E-state index is 13.8. The van der Waals surface area contributed by atoms with E-state index in [1.165, 1.54) is 6.07 Å². The Morgan fingerprint density at radius 1 is 1.28 bits per heavy atom. The summed E-state index contributed by atoms with van der Waals surface area (Å²) in [5, 5.41) is 6.32. The van der Waals surface area contributed by atoms with Gasteiger partial charge in [-0.05, 0) is 44.0 Å². The van der Waals surface area contributed by atoms with Crippen molar-refractivity contribution < 1.29 is 18.1 Å². The molecule has 1 atom stereocenters. The minimum absolute atomic E-state index is 0.0224. The molecule has 1 aliphatic heterocycles. The van der Waals surface area contributed by atoms with Crippen LogP contribution < -0.4 is 10.2 Å². The third-order valence-electron chi connectivity index (χ3n) is 4.83. The zero-order valence-corrected chi connectivity index (χ0v) is 15.7. The summed E-state index contributed by atoms with van der Waals surface area (Å²) in [5.41, 5.74) is 0.693. The van der Waals surface area contributed by atoms with Crippen molar-refractivity contribution in [3.05, 3.63) is 54.0 Å². The van der Waals surface area contributed by atoms with Crippen LogP contribution in [0.2, 0.25) is 0 Å². The van der Waals surface area contributed by atoms with E-state index in [2.05, 4.69) is 20.4 Å². The number of carbonyl (C=O) groups excluding carboxylic acids is 1. The maximum atomic E-state index is 13.8. The van der Waals surface area contributed by atoms with Gasteiger partial charge in [-0.1, -0.05) is 5.16 Å². The minimum Gasteiger partial charge on any atom is -0.356 e. The quantitative estimate of drug-likeness (QED) is 0.722. The Morgan fingerprint density at radius 3 is 2.83 bits per heavy atom. The van der Waals surface area contributed by atoms with E-state index >= 15 is 0 Å². The first-order chi connectivity index (χ1) is 14.0. The molecule has 0 spiro atoms. The minimum atomic E-state index is -0.792. The van der Waals surface area contributed by atoms with Crippen LogP contribution >= 0.6 is 0 Å². The first-order valence-corrected chi connectivity index (χ1v) is 9.27. The van der Waals surface area contributed by atoms with Gasteiger partial charge in [-0.2, -0.15) is 4.98 Å². The number of anilines is 2. The second-order valence-electron chi connectivity index (χ2n) is 6.95. The van der Waals surface area contributed by atoms with Crippen LogP contribution in [-0.4, -0.2) is 34.1 Å². The number of amides is 1. The molecule has 2 aromatic heterocycles. The summed E-state index contributed by atoms with van der Waals surface area (Å²) in [5.74, 6) is -0.415. The van der Waals surface area contributed by atoms with Crippen molar-refractivity contribution >= 4 is 17.4 Å². The van der Waals surface area contributed by atoms with Crippen molar-refractivity contribution in [3.63, 3.8) is 0 Å². The van der Waals surface area contributed by atoms with Gasteiger partial charge in [0.2, 0.25) is 5.91 Å². The molecule has 0 bridgehead atoms. The Bertz CT molecular complexity index is 1020. The molecule has 0 aliphatic carbocycles.